The van der Waals surface area contributed by atoms with Gasteiger partial charge >= 0.3 is 0 Å². The van der Waals surface area contributed by atoms with Crippen LogP contribution < -0.4 is 5.32 Å². The largest absolute Gasteiger partial charge is 0.322 e. The van der Waals surface area contributed by atoms with Gasteiger partial charge in [-0.1, -0.05) is 43.6 Å². The van der Waals surface area contributed by atoms with Gasteiger partial charge in [-0.05, 0) is 55.0 Å². The molecule has 0 radical (unpaired) electrons. The van der Waals surface area contributed by atoms with Crippen molar-refractivity contribution in [3.63, 3.8) is 0 Å². The van der Waals surface area contributed by atoms with Gasteiger partial charge in [0.2, 0.25) is 10.0 Å². The third-order valence-electron chi connectivity index (χ3n) is 5.05. The van der Waals surface area contributed by atoms with Crippen molar-refractivity contribution >= 4 is 33.2 Å². The number of hydrogen-bond donors (Lipinski definition) is 1. The van der Waals surface area contributed by atoms with Crippen molar-refractivity contribution in [2.75, 3.05) is 18.4 Å². The standard InChI is InChI=1S/C21H25ClN2O3S/c1-14-10-15(2)13-24(12-14)28(26,27)17-8-9-19(22)18(11-17)21(25)23-20-7-5-4-6-16(20)3/h4-9,11,14-15H,10,12-13H2,1-3H3,(H,23,25)/t14-,15+. The van der Waals surface area contributed by atoms with Crippen molar-refractivity contribution in [3.8, 4) is 0 Å². The van der Waals surface area contributed by atoms with Crippen LogP contribution in [0.1, 0.15) is 36.2 Å². The fraction of sp³-hybridized carbons (Fsp3) is 0.381. The number of nitrogens with one attached hydrogen (secondary N) is 1. The number of hydrogen-bond acceptors (Lipinski definition) is 3. The predicted octanol–water partition coefficient (Wildman–Crippen LogP) is 4.57. The number of anilines is 1. The van der Waals surface area contributed by atoms with Gasteiger partial charge in [-0.2, -0.15) is 4.31 Å². The molecule has 150 valence electrons. The monoisotopic (exact) mass is 420 g/mol. The highest BCUT2D eigenvalue weighted by Crippen LogP contribution is 2.29. The number of para-hydroxylation sites is 1. The normalized spacial score (nSPS) is 20.7. The minimum atomic E-state index is -3.69. The number of aryl methyl sites for hydroxylation is 1. The fourth-order valence-electron chi connectivity index (χ4n) is 3.69. The van der Waals surface area contributed by atoms with Gasteiger partial charge in [-0.3, -0.25) is 4.79 Å². The number of nitrogens with zero attached hydrogens (tertiary/aromatic N) is 1. The van der Waals surface area contributed by atoms with E-state index in [2.05, 4.69) is 19.2 Å². The zero-order chi connectivity index (χ0) is 20.5. The van der Waals surface area contributed by atoms with Crippen LogP contribution in [0.4, 0.5) is 5.69 Å². The zero-order valence-corrected chi connectivity index (χ0v) is 17.8. The molecule has 7 heteroatoms. The Labute approximate surface area is 171 Å². The number of carbonyl (C=O) groups is 1. The molecule has 0 saturated carbocycles. The second kappa shape index (κ2) is 8.23. The lowest BCUT2D eigenvalue weighted by Crippen LogP contribution is -2.42. The Balaban J connectivity index is 1.90. The van der Waals surface area contributed by atoms with Gasteiger partial charge in [0, 0.05) is 18.8 Å². The quantitative estimate of drug-likeness (QED) is 0.787. The number of halogens is 1. The highest BCUT2D eigenvalue weighted by molar-refractivity contribution is 7.89. The summed E-state index contributed by atoms with van der Waals surface area (Å²) in [6, 6.07) is 11.7. The van der Waals surface area contributed by atoms with E-state index in [1.54, 1.807) is 6.07 Å². The average molecular weight is 421 g/mol. The predicted molar refractivity (Wildman–Crippen MR) is 112 cm³/mol. The van der Waals surface area contributed by atoms with Crippen LogP contribution in [-0.2, 0) is 10.0 Å². The van der Waals surface area contributed by atoms with Crippen molar-refractivity contribution in [2.24, 2.45) is 11.8 Å². The van der Waals surface area contributed by atoms with Crippen molar-refractivity contribution in [3.05, 3.63) is 58.6 Å². The van der Waals surface area contributed by atoms with Crippen LogP contribution in [-0.4, -0.2) is 31.7 Å². The van der Waals surface area contributed by atoms with Gasteiger partial charge in [0.1, 0.15) is 0 Å². The summed E-state index contributed by atoms with van der Waals surface area (Å²) >= 11 is 6.21. The third-order valence-corrected chi connectivity index (χ3v) is 7.21. The number of benzene rings is 2. The first-order valence-electron chi connectivity index (χ1n) is 9.35. The Morgan fingerprint density at radius 1 is 1.11 bits per heavy atom. The molecule has 1 amide bonds. The Kier molecular flexibility index (Phi) is 6.12. The molecule has 0 bridgehead atoms. The van der Waals surface area contributed by atoms with Crippen LogP contribution >= 0.6 is 11.6 Å². The van der Waals surface area contributed by atoms with E-state index >= 15 is 0 Å². The third kappa shape index (κ3) is 4.40. The summed E-state index contributed by atoms with van der Waals surface area (Å²) in [7, 11) is -3.69. The molecule has 2 atom stereocenters. The summed E-state index contributed by atoms with van der Waals surface area (Å²) in [6.07, 6.45) is 1.01. The SMILES string of the molecule is Cc1ccccc1NC(=O)c1cc(S(=O)(=O)N2C[C@H](C)C[C@H](C)C2)ccc1Cl. The Hall–Kier alpha value is -1.89. The van der Waals surface area contributed by atoms with Gasteiger partial charge in [-0.15, -0.1) is 0 Å². The smallest absolute Gasteiger partial charge is 0.257 e. The molecule has 1 saturated heterocycles. The molecule has 1 N–H and O–H groups in total. The molecule has 28 heavy (non-hydrogen) atoms. The molecule has 0 aliphatic carbocycles. The molecule has 2 aromatic carbocycles. The van der Waals surface area contributed by atoms with Crippen molar-refractivity contribution < 1.29 is 13.2 Å². The minimum absolute atomic E-state index is 0.0909. The molecule has 0 unspecified atom stereocenters. The maximum absolute atomic E-state index is 13.1. The summed E-state index contributed by atoms with van der Waals surface area (Å²) in [4.78, 5) is 12.8. The fourth-order valence-corrected chi connectivity index (χ4v) is 5.60. The number of carbonyl (C=O) groups excluding carboxylic acids is 1. The molecular weight excluding hydrogens is 396 g/mol. The summed E-state index contributed by atoms with van der Waals surface area (Å²) in [5.74, 6) is 0.168. The summed E-state index contributed by atoms with van der Waals surface area (Å²) in [5, 5.41) is 3.02. The van der Waals surface area contributed by atoms with Crippen LogP contribution in [0.3, 0.4) is 0 Å². The lowest BCUT2D eigenvalue weighted by Gasteiger charge is -2.34. The number of sulfonamides is 1. The zero-order valence-electron chi connectivity index (χ0n) is 16.3. The van der Waals surface area contributed by atoms with Crippen LogP contribution in [0.2, 0.25) is 5.02 Å². The second-order valence-corrected chi connectivity index (χ2v) is 10.0. The molecule has 1 aliphatic rings. The highest BCUT2D eigenvalue weighted by atomic mass is 35.5. The van der Waals surface area contributed by atoms with Crippen LogP contribution in [0.5, 0.6) is 0 Å². The minimum Gasteiger partial charge on any atom is -0.322 e. The maximum atomic E-state index is 13.1. The van der Waals surface area contributed by atoms with Gasteiger partial charge < -0.3 is 5.32 Å². The lowest BCUT2D eigenvalue weighted by molar-refractivity contribution is 0.102. The molecule has 5 nitrogen and oxygen atoms in total. The van der Waals surface area contributed by atoms with Crippen molar-refractivity contribution in [2.45, 2.75) is 32.1 Å². The molecule has 0 spiro atoms. The average Bonchev–Trinajstić information content (AvgIpc) is 2.63. The van der Waals surface area contributed by atoms with E-state index < -0.39 is 15.9 Å². The summed E-state index contributed by atoms with van der Waals surface area (Å²) in [5.41, 5.74) is 1.71. The van der Waals surface area contributed by atoms with Gasteiger partial charge in [0.25, 0.3) is 5.91 Å². The first kappa shape index (κ1) is 20.8. The van der Waals surface area contributed by atoms with Crippen LogP contribution in [0.15, 0.2) is 47.4 Å². The lowest BCUT2D eigenvalue weighted by atomic mass is 9.94. The molecule has 1 aliphatic heterocycles. The van der Waals surface area contributed by atoms with Crippen LogP contribution in [0, 0.1) is 18.8 Å². The number of piperidine rings is 1. The van der Waals surface area contributed by atoms with Gasteiger partial charge in [-0.25, -0.2) is 8.42 Å². The van der Waals surface area contributed by atoms with Gasteiger partial charge in [0.15, 0.2) is 0 Å². The Bertz CT molecular complexity index is 981. The molecule has 0 aromatic heterocycles. The van der Waals surface area contributed by atoms with E-state index in [-0.39, 0.29) is 15.5 Å². The van der Waals surface area contributed by atoms with E-state index in [1.165, 1.54) is 22.5 Å². The second-order valence-electron chi connectivity index (χ2n) is 7.68. The van der Waals surface area contributed by atoms with E-state index in [0.717, 1.165) is 12.0 Å². The number of rotatable bonds is 4. The van der Waals surface area contributed by atoms with Crippen LogP contribution in [0.25, 0.3) is 0 Å². The van der Waals surface area contributed by atoms with Crippen molar-refractivity contribution in [1.29, 1.82) is 0 Å². The molecular formula is C21H25ClN2O3S. The Morgan fingerprint density at radius 3 is 2.39 bits per heavy atom. The Morgan fingerprint density at radius 2 is 1.75 bits per heavy atom. The van der Waals surface area contributed by atoms with Crippen molar-refractivity contribution in [1.82, 2.24) is 4.31 Å². The number of amides is 1. The highest BCUT2D eigenvalue weighted by Gasteiger charge is 2.32. The summed E-state index contributed by atoms with van der Waals surface area (Å²) in [6.45, 7) is 6.97. The molecule has 2 aromatic rings. The molecule has 3 rings (SSSR count). The first-order valence-corrected chi connectivity index (χ1v) is 11.2. The van der Waals surface area contributed by atoms with E-state index in [1.807, 2.05) is 25.1 Å². The first-order chi connectivity index (χ1) is 13.2. The van der Waals surface area contributed by atoms with E-state index in [9.17, 15) is 13.2 Å². The van der Waals surface area contributed by atoms with Gasteiger partial charge in [0.05, 0.1) is 15.5 Å². The van der Waals surface area contributed by atoms with E-state index in [0.29, 0.717) is 30.6 Å². The topological polar surface area (TPSA) is 66.5 Å². The molecule has 1 heterocycles. The molecule has 1 fully saturated rings. The summed E-state index contributed by atoms with van der Waals surface area (Å²) < 4.78 is 27.8. The van der Waals surface area contributed by atoms with E-state index in [4.69, 9.17) is 11.6 Å². The maximum Gasteiger partial charge on any atom is 0.257 e.